The molecule has 2 fully saturated rings. The molecule has 0 saturated heterocycles. The minimum Gasteiger partial charge on any atom is -0.493 e. The van der Waals surface area contributed by atoms with Crippen LogP contribution in [0.5, 0.6) is 11.5 Å². The molecule has 26 heavy (non-hydrogen) atoms. The van der Waals surface area contributed by atoms with Gasteiger partial charge in [0.2, 0.25) is 0 Å². The van der Waals surface area contributed by atoms with Gasteiger partial charge in [-0.1, -0.05) is 38.5 Å². The summed E-state index contributed by atoms with van der Waals surface area (Å²) < 4.78 is 19.2. The lowest BCUT2D eigenvalue weighted by Gasteiger charge is -2.23. The van der Waals surface area contributed by atoms with Crippen LogP contribution in [0.3, 0.4) is 0 Å². The molecule has 0 aliphatic heterocycles. The number of aldehydes is 1. The molecule has 1 aromatic rings. The highest BCUT2D eigenvalue weighted by Crippen LogP contribution is 2.30. The van der Waals surface area contributed by atoms with Gasteiger partial charge in [-0.15, -0.1) is 0 Å². The van der Waals surface area contributed by atoms with Crippen LogP contribution in [0.25, 0.3) is 6.08 Å². The third-order valence-corrected chi connectivity index (χ3v) is 5.72. The Morgan fingerprint density at radius 2 is 1.54 bits per heavy atom. The standard InChI is InChI=1S/C23H32O3/c24-15-7-12-21-16-22(25-17-19-8-3-1-4-9-19)13-14-23(21)26-18-20-10-5-2-6-11-20/h7,12-16,19-20H,1-6,8-11,17-18H2/b12-7+/i15D. The van der Waals surface area contributed by atoms with Crippen LogP contribution in [-0.4, -0.2) is 19.5 Å². The van der Waals surface area contributed by atoms with Gasteiger partial charge in [-0.2, -0.15) is 0 Å². The van der Waals surface area contributed by atoms with Crippen molar-refractivity contribution < 1.29 is 15.6 Å². The summed E-state index contributed by atoms with van der Waals surface area (Å²) in [6, 6.07) is 5.82. The highest BCUT2D eigenvalue weighted by molar-refractivity contribution is 5.75. The minimum atomic E-state index is -0.707. The first-order chi connectivity index (χ1) is 13.2. The number of benzene rings is 1. The molecule has 2 aliphatic rings. The van der Waals surface area contributed by atoms with Gasteiger partial charge in [-0.3, -0.25) is 4.79 Å². The van der Waals surface area contributed by atoms with E-state index in [1.54, 1.807) is 6.08 Å². The molecule has 0 spiro atoms. The second-order valence-corrected chi connectivity index (χ2v) is 7.78. The number of carbonyl (C=O) groups excluding carboxylic acids is 1. The van der Waals surface area contributed by atoms with E-state index in [-0.39, 0.29) is 0 Å². The van der Waals surface area contributed by atoms with Gasteiger partial charge in [-0.05, 0) is 67.9 Å². The Kier molecular flexibility index (Phi) is 7.05. The second-order valence-electron chi connectivity index (χ2n) is 7.78. The smallest absolute Gasteiger partial charge is 0.142 e. The monoisotopic (exact) mass is 357 g/mol. The van der Waals surface area contributed by atoms with E-state index in [1.165, 1.54) is 70.3 Å². The topological polar surface area (TPSA) is 35.5 Å². The zero-order chi connectivity index (χ0) is 18.9. The third-order valence-electron chi connectivity index (χ3n) is 5.72. The van der Waals surface area contributed by atoms with E-state index in [9.17, 15) is 4.79 Å². The Bertz CT molecular complexity index is 629. The summed E-state index contributed by atoms with van der Waals surface area (Å²) in [5.41, 5.74) is 0.813. The average Bonchev–Trinajstić information content (AvgIpc) is 2.71. The Labute approximate surface area is 159 Å². The zero-order valence-corrected chi connectivity index (χ0v) is 15.8. The van der Waals surface area contributed by atoms with Crippen LogP contribution >= 0.6 is 0 Å². The highest BCUT2D eigenvalue weighted by atomic mass is 16.5. The summed E-state index contributed by atoms with van der Waals surface area (Å²) in [4.78, 5) is 11.1. The summed E-state index contributed by atoms with van der Waals surface area (Å²) in [5.74, 6) is 2.84. The zero-order valence-electron chi connectivity index (χ0n) is 16.8. The summed E-state index contributed by atoms with van der Waals surface area (Å²) in [5, 5.41) is 0. The van der Waals surface area contributed by atoms with E-state index >= 15 is 0 Å². The predicted octanol–water partition coefficient (Wildman–Crippen LogP) is 5.82. The maximum absolute atomic E-state index is 11.1. The number of hydrogen-bond acceptors (Lipinski definition) is 3. The largest absolute Gasteiger partial charge is 0.493 e. The Morgan fingerprint density at radius 1 is 0.923 bits per heavy atom. The molecule has 2 saturated carbocycles. The van der Waals surface area contributed by atoms with Crippen LogP contribution in [0.15, 0.2) is 24.3 Å². The molecule has 142 valence electrons. The molecule has 3 rings (SSSR count). The van der Waals surface area contributed by atoms with E-state index in [0.29, 0.717) is 11.8 Å². The number of carbonyl (C=O) groups is 1. The lowest BCUT2D eigenvalue weighted by molar-refractivity contribution is -0.104. The molecule has 3 heteroatoms. The van der Waals surface area contributed by atoms with Crippen molar-refractivity contribution in [1.29, 1.82) is 0 Å². The summed E-state index contributed by atoms with van der Waals surface area (Å²) in [7, 11) is 0. The van der Waals surface area contributed by atoms with Gasteiger partial charge >= 0.3 is 0 Å². The average molecular weight is 358 g/mol. The molecular formula is C23H32O3. The van der Waals surface area contributed by atoms with Crippen molar-refractivity contribution in [3.05, 3.63) is 29.8 Å². The van der Waals surface area contributed by atoms with Gasteiger partial charge in [0.1, 0.15) is 19.1 Å². The van der Waals surface area contributed by atoms with Crippen molar-refractivity contribution >= 4 is 12.3 Å². The highest BCUT2D eigenvalue weighted by Gasteiger charge is 2.16. The normalized spacial score (nSPS) is 20.1. The summed E-state index contributed by atoms with van der Waals surface area (Å²) in [6.45, 7) is 1.47. The fraction of sp³-hybridized carbons (Fsp3) is 0.609. The van der Waals surface area contributed by atoms with Gasteiger partial charge < -0.3 is 9.47 Å². The molecule has 2 aliphatic carbocycles. The molecule has 0 unspecified atom stereocenters. The molecule has 0 bridgehead atoms. The lowest BCUT2D eigenvalue weighted by Crippen LogP contribution is -2.16. The number of hydrogen-bond donors (Lipinski definition) is 0. The van der Waals surface area contributed by atoms with E-state index in [2.05, 4.69) is 0 Å². The lowest BCUT2D eigenvalue weighted by atomic mass is 9.90. The quantitative estimate of drug-likeness (QED) is 0.434. The predicted molar refractivity (Wildman–Crippen MR) is 106 cm³/mol. The van der Waals surface area contributed by atoms with Crippen LogP contribution in [0.4, 0.5) is 0 Å². The number of rotatable bonds is 8. The molecule has 0 heterocycles. The number of allylic oxidation sites excluding steroid dienone is 1. The van der Waals surface area contributed by atoms with E-state index < -0.39 is 6.26 Å². The Morgan fingerprint density at radius 3 is 2.15 bits per heavy atom. The molecule has 3 nitrogen and oxygen atoms in total. The van der Waals surface area contributed by atoms with Crippen molar-refractivity contribution in [3.63, 3.8) is 0 Å². The van der Waals surface area contributed by atoms with E-state index in [0.717, 1.165) is 30.3 Å². The second kappa shape index (κ2) is 10.4. The van der Waals surface area contributed by atoms with Crippen molar-refractivity contribution in [2.45, 2.75) is 64.2 Å². The van der Waals surface area contributed by atoms with E-state index in [1.807, 2.05) is 18.2 Å². The molecule has 0 atom stereocenters. The summed E-state index contributed by atoms with van der Waals surface area (Å²) in [6.07, 6.45) is 15.1. The first-order valence-electron chi connectivity index (χ1n) is 10.8. The fourth-order valence-electron chi connectivity index (χ4n) is 4.13. The van der Waals surface area contributed by atoms with Crippen molar-refractivity contribution in [2.24, 2.45) is 11.8 Å². The SMILES string of the molecule is [2H]C(=O)/C=C/c1cc(OCC2CCCCC2)ccc1OCC1CCCCC1. The Hall–Kier alpha value is -1.77. The molecular weight excluding hydrogens is 324 g/mol. The van der Waals surface area contributed by atoms with Gasteiger partial charge in [-0.25, -0.2) is 0 Å². The van der Waals surface area contributed by atoms with Crippen LogP contribution in [0.1, 0.15) is 71.1 Å². The van der Waals surface area contributed by atoms with Crippen molar-refractivity contribution in [1.82, 2.24) is 0 Å². The Balaban J connectivity index is 1.63. The minimum absolute atomic E-state index is 0.621. The maximum atomic E-state index is 11.1. The van der Waals surface area contributed by atoms with Crippen molar-refractivity contribution in [3.8, 4) is 11.5 Å². The molecule has 0 radical (unpaired) electrons. The van der Waals surface area contributed by atoms with Gasteiger partial charge in [0, 0.05) is 5.56 Å². The van der Waals surface area contributed by atoms with Crippen molar-refractivity contribution in [2.75, 3.05) is 13.2 Å². The summed E-state index contributed by atoms with van der Waals surface area (Å²) >= 11 is 0. The molecule has 1 aromatic carbocycles. The van der Waals surface area contributed by atoms with Crippen LogP contribution in [-0.2, 0) is 4.79 Å². The van der Waals surface area contributed by atoms with Gasteiger partial charge in [0.15, 0.2) is 0 Å². The number of ether oxygens (including phenoxy) is 2. The molecule has 0 amide bonds. The first-order valence-corrected chi connectivity index (χ1v) is 10.3. The van der Waals surface area contributed by atoms with Crippen LogP contribution < -0.4 is 9.47 Å². The van der Waals surface area contributed by atoms with Crippen LogP contribution in [0, 0.1) is 11.8 Å². The fourth-order valence-corrected chi connectivity index (χ4v) is 4.13. The maximum Gasteiger partial charge on any atom is 0.142 e. The van der Waals surface area contributed by atoms with Crippen LogP contribution in [0.2, 0.25) is 0 Å². The molecule has 0 aromatic heterocycles. The third kappa shape index (κ3) is 5.89. The van der Waals surface area contributed by atoms with E-state index in [4.69, 9.17) is 10.8 Å². The van der Waals surface area contributed by atoms with Gasteiger partial charge in [0.05, 0.1) is 13.2 Å². The molecule has 0 N–H and O–H groups in total. The van der Waals surface area contributed by atoms with Gasteiger partial charge in [0.25, 0.3) is 0 Å². The first kappa shape index (κ1) is 17.6.